The highest BCUT2D eigenvalue weighted by Crippen LogP contribution is 2.44. The molecular weight excluding hydrogens is 368 g/mol. The van der Waals surface area contributed by atoms with Crippen LogP contribution in [0.4, 0.5) is 5.82 Å². The lowest BCUT2D eigenvalue weighted by molar-refractivity contribution is -0.152. The van der Waals surface area contributed by atoms with Crippen molar-refractivity contribution in [2.24, 2.45) is 5.73 Å². The minimum absolute atomic E-state index is 0.0602. The summed E-state index contributed by atoms with van der Waals surface area (Å²) in [6, 6.07) is 6.94. The van der Waals surface area contributed by atoms with E-state index < -0.39 is 0 Å². The summed E-state index contributed by atoms with van der Waals surface area (Å²) in [5.74, 6) is 0.777. The fourth-order valence-corrected chi connectivity index (χ4v) is 4.38. The maximum Gasteiger partial charge on any atom is 0.246 e. The van der Waals surface area contributed by atoms with Gasteiger partial charge in [-0.15, -0.1) is 0 Å². The van der Waals surface area contributed by atoms with Crippen LogP contribution >= 0.6 is 0 Å². The summed E-state index contributed by atoms with van der Waals surface area (Å²) in [5, 5.41) is 10.0. The Morgan fingerprint density at radius 1 is 1.41 bits per heavy atom. The number of aromatic amines is 1. The lowest BCUT2D eigenvalue weighted by Gasteiger charge is -2.46. The van der Waals surface area contributed by atoms with Crippen LogP contribution in [0.5, 0.6) is 5.75 Å². The third-order valence-corrected chi connectivity index (χ3v) is 5.94. The molecule has 1 aromatic carbocycles. The smallest absolute Gasteiger partial charge is 0.246 e. The Labute approximate surface area is 169 Å². The van der Waals surface area contributed by atoms with Crippen LogP contribution in [-0.4, -0.2) is 46.2 Å². The summed E-state index contributed by atoms with van der Waals surface area (Å²) in [6.07, 6.45) is 3.95. The highest BCUT2D eigenvalue weighted by molar-refractivity contribution is 5.88. The third-order valence-electron chi connectivity index (χ3n) is 5.94. The second-order valence-corrected chi connectivity index (χ2v) is 7.90. The van der Waals surface area contributed by atoms with E-state index in [9.17, 15) is 9.90 Å². The molecular formula is C22H26N4O3. The molecule has 2 aromatic rings. The number of nitrogens with zero attached hydrogens (tertiary/aromatic N) is 1. The van der Waals surface area contributed by atoms with Crippen molar-refractivity contribution in [3.05, 3.63) is 59.3 Å². The molecule has 1 amide bonds. The summed E-state index contributed by atoms with van der Waals surface area (Å²) in [7, 11) is 0. The number of nitrogens with two attached hydrogens (primary N) is 2. The number of phenolic OH excluding ortho intramolecular Hbond substituents is 1. The largest absolute Gasteiger partial charge is 0.507 e. The molecule has 1 spiro atoms. The number of carbonyl (C=O) groups is 1. The predicted octanol–water partition coefficient (Wildman–Crippen LogP) is 2.34. The average Bonchev–Trinajstić information content (AvgIpc) is 3.23. The first kappa shape index (κ1) is 19.1. The van der Waals surface area contributed by atoms with Crippen LogP contribution in [0.15, 0.2) is 36.9 Å². The first-order valence-corrected chi connectivity index (χ1v) is 9.62. The lowest BCUT2D eigenvalue weighted by Crippen LogP contribution is -2.62. The summed E-state index contributed by atoms with van der Waals surface area (Å²) < 4.78 is 6.08. The van der Waals surface area contributed by atoms with Gasteiger partial charge in [0.05, 0.1) is 19.7 Å². The number of para-hydroxylation sites is 1. The standard InChI is InChI=1S/C22H26N4O3/c1-3-19(28)26-11-22(12-26)9-14(10-29-22)20-13(2)16(21(24)25-20)8-17(23)15-6-4-5-7-18(15)27/h3-8,14,25,27H,1,9-12,23-24H2,2H3/b17-8-. The second-order valence-electron chi connectivity index (χ2n) is 7.90. The van der Waals surface area contributed by atoms with Gasteiger partial charge in [-0.25, -0.2) is 0 Å². The molecule has 29 heavy (non-hydrogen) atoms. The molecule has 2 aliphatic rings. The molecule has 1 aromatic heterocycles. The van der Waals surface area contributed by atoms with E-state index in [0.717, 1.165) is 23.2 Å². The topological polar surface area (TPSA) is 118 Å². The minimum Gasteiger partial charge on any atom is -0.507 e. The van der Waals surface area contributed by atoms with Gasteiger partial charge in [-0.3, -0.25) is 4.79 Å². The number of hydrogen-bond donors (Lipinski definition) is 4. The van der Waals surface area contributed by atoms with Gasteiger partial charge in [0.2, 0.25) is 5.91 Å². The number of anilines is 1. The number of nitrogen functional groups attached to an aromatic ring is 1. The number of benzene rings is 1. The number of H-pyrrole nitrogens is 1. The van der Waals surface area contributed by atoms with Gasteiger partial charge in [0, 0.05) is 28.4 Å². The zero-order chi connectivity index (χ0) is 20.8. The first-order chi connectivity index (χ1) is 13.8. The molecule has 2 saturated heterocycles. The Hall–Kier alpha value is -3.19. The molecule has 7 heteroatoms. The molecule has 0 radical (unpaired) electrons. The first-order valence-electron chi connectivity index (χ1n) is 9.62. The van der Waals surface area contributed by atoms with E-state index >= 15 is 0 Å². The second kappa shape index (κ2) is 7.00. The summed E-state index contributed by atoms with van der Waals surface area (Å²) in [6.45, 7) is 7.31. The zero-order valence-corrected chi connectivity index (χ0v) is 16.4. The summed E-state index contributed by atoms with van der Waals surface area (Å²) in [4.78, 5) is 16.8. The van der Waals surface area contributed by atoms with E-state index in [1.807, 2.05) is 13.0 Å². The number of hydrogen-bond acceptors (Lipinski definition) is 5. The fourth-order valence-electron chi connectivity index (χ4n) is 4.38. The van der Waals surface area contributed by atoms with E-state index in [2.05, 4.69) is 11.6 Å². The van der Waals surface area contributed by atoms with E-state index in [1.165, 1.54) is 6.08 Å². The van der Waals surface area contributed by atoms with E-state index in [4.69, 9.17) is 16.2 Å². The van der Waals surface area contributed by atoms with Crippen LogP contribution in [0.1, 0.15) is 34.7 Å². The number of amides is 1. The SMILES string of the molecule is C=CC(=O)N1CC2(CC(c3[nH]c(N)c(/C=C(\N)c4ccccc4O)c3C)CO2)C1. The number of ether oxygens (including phenoxy) is 1. The number of phenols is 1. The Morgan fingerprint density at radius 2 is 2.14 bits per heavy atom. The maximum absolute atomic E-state index is 11.7. The summed E-state index contributed by atoms with van der Waals surface area (Å²) >= 11 is 0. The van der Waals surface area contributed by atoms with E-state index in [-0.39, 0.29) is 23.2 Å². The van der Waals surface area contributed by atoms with Crippen molar-refractivity contribution in [1.29, 1.82) is 0 Å². The van der Waals surface area contributed by atoms with Gasteiger partial charge in [-0.1, -0.05) is 18.7 Å². The Balaban J connectivity index is 1.54. The van der Waals surface area contributed by atoms with Gasteiger partial charge in [0.1, 0.15) is 17.2 Å². The van der Waals surface area contributed by atoms with Gasteiger partial charge >= 0.3 is 0 Å². The zero-order valence-electron chi connectivity index (χ0n) is 16.4. The minimum atomic E-state index is -0.277. The van der Waals surface area contributed by atoms with Crippen LogP contribution in [0.25, 0.3) is 11.8 Å². The number of carbonyl (C=O) groups excluding carboxylic acids is 1. The fraction of sp³-hybridized carbons (Fsp3) is 0.318. The van der Waals surface area contributed by atoms with Gasteiger partial charge in [-0.05, 0) is 43.2 Å². The van der Waals surface area contributed by atoms with Crippen molar-refractivity contribution in [3.63, 3.8) is 0 Å². The molecule has 6 N–H and O–H groups in total. The quantitative estimate of drug-likeness (QED) is 0.594. The number of likely N-dealkylation sites (tertiary alicyclic amines) is 1. The normalized spacial score (nSPS) is 20.7. The molecule has 152 valence electrons. The Morgan fingerprint density at radius 3 is 2.83 bits per heavy atom. The van der Waals surface area contributed by atoms with Crippen molar-refractivity contribution in [2.45, 2.75) is 24.9 Å². The molecule has 7 nitrogen and oxygen atoms in total. The molecule has 3 heterocycles. The van der Waals surface area contributed by atoms with Crippen LogP contribution < -0.4 is 11.5 Å². The van der Waals surface area contributed by atoms with E-state index in [0.29, 0.717) is 36.8 Å². The van der Waals surface area contributed by atoms with Crippen molar-refractivity contribution >= 4 is 23.5 Å². The number of aromatic nitrogens is 1. The van der Waals surface area contributed by atoms with Crippen LogP contribution in [0.2, 0.25) is 0 Å². The van der Waals surface area contributed by atoms with Crippen molar-refractivity contribution in [1.82, 2.24) is 9.88 Å². The lowest BCUT2D eigenvalue weighted by atomic mass is 9.85. The number of rotatable bonds is 4. The average molecular weight is 394 g/mol. The number of aromatic hydroxyl groups is 1. The molecule has 0 saturated carbocycles. The predicted molar refractivity (Wildman–Crippen MR) is 113 cm³/mol. The highest BCUT2D eigenvalue weighted by Gasteiger charge is 2.51. The Kier molecular flexibility index (Phi) is 4.62. The molecule has 2 fully saturated rings. The van der Waals surface area contributed by atoms with E-state index in [1.54, 1.807) is 29.2 Å². The van der Waals surface area contributed by atoms with Crippen LogP contribution in [-0.2, 0) is 9.53 Å². The van der Waals surface area contributed by atoms with Gasteiger partial charge in [0.15, 0.2) is 0 Å². The summed E-state index contributed by atoms with van der Waals surface area (Å²) in [5.41, 5.74) is 16.1. The molecule has 2 aliphatic heterocycles. The molecule has 4 rings (SSSR count). The molecule has 0 aliphatic carbocycles. The van der Waals surface area contributed by atoms with Crippen LogP contribution in [0, 0.1) is 6.92 Å². The van der Waals surface area contributed by atoms with Crippen molar-refractivity contribution in [3.8, 4) is 5.75 Å². The maximum atomic E-state index is 11.7. The van der Waals surface area contributed by atoms with Gasteiger partial charge in [0.25, 0.3) is 0 Å². The van der Waals surface area contributed by atoms with Gasteiger partial charge < -0.3 is 31.2 Å². The van der Waals surface area contributed by atoms with Gasteiger partial charge in [-0.2, -0.15) is 0 Å². The number of nitrogens with one attached hydrogen (secondary N) is 1. The monoisotopic (exact) mass is 394 g/mol. The van der Waals surface area contributed by atoms with Crippen molar-refractivity contribution < 1.29 is 14.6 Å². The molecule has 1 unspecified atom stereocenters. The highest BCUT2D eigenvalue weighted by atomic mass is 16.5. The third kappa shape index (κ3) is 3.27. The molecule has 1 atom stereocenters. The molecule has 0 bridgehead atoms. The van der Waals surface area contributed by atoms with Crippen molar-refractivity contribution in [2.75, 3.05) is 25.4 Å². The van der Waals surface area contributed by atoms with Crippen LogP contribution in [0.3, 0.4) is 0 Å². The Bertz CT molecular complexity index is 1000.